The number of rotatable bonds is 4. The fraction of sp³-hybridized carbons (Fsp3) is 0.846. The van der Waals surface area contributed by atoms with Gasteiger partial charge in [0.2, 0.25) is 11.8 Å². The quantitative estimate of drug-likeness (QED) is 0.781. The molecule has 2 aliphatic rings. The van der Waals surface area contributed by atoms with Gasteiger partial charge in [-0.05, 0) is 12.8 Å². The van der Waals surface area contributed by atoms with Crippen molar-refractivity contribution in [2.75, 3.05) is 26.7 Å². The Morgan fingerprint density at radius 1 is 1.44 bits per heavy atom. The first-order chi connectivity index (χ1) is 8.63. The van der Waals surface area contributed by atoms with E-state index < -0.39 is 0 Å². The van der Waals surface area contributed by atoms with E-state index in [0.717, 1.165) is 12.8 Å². The zero-order valence-electron chi connectivity index (χ0n) is 11.0. The summed E-state index contributed by atoms with van der Waals surface area (Å²) in [6.07, 6.45) is 4.89. The van der Waals surface area contributed by atoms with Crippen LogP contribution in [0.4, 0.5) is 0 Å². The molecule has 1 atom stereocenters. The van der Waals surface area contributed by atoms with Crippen LogP contribution in [0.1, 0.15) is 32.1 Å². The molecule has 0 radical (unpaired) electrons. The Hall–Kier alpha value is -1.10. The van der Waals surface area contributed by atoms with Crippen LogP contribution < -0.4 is 0 Å². The molecule has 2 rings (SSSR count). The van der Waals surface area contributed by atoms with E-state index in [1.165, 1.54) is 17.7 Å². The molecule has 1 aliphatic carbocycles. The van der Waals surface area contributed by atoms with Crippen LogP contribution in [0.15, 0.2) is 0 Å². The van der Waals surface area contributed by atoms with Crippen LogP contribution in [0.2, 0.25) is 0 Å². The van der Waals surface area contributed by atoms with E-state index in [2.05, 4.69) is 0 Å². The predicted molar refractivity (Wildman–Crippen MR) is 66.8 cm³/mol. The summed E-state index contributed by atoms with van der Waals surface area (Å²) in [6, 6.07) is 0.360. The number of likely N-dealkylation sites (tertiary alicyclic amines) is 1. The van der Waals surface area contributed by atoms with Gasteiger partial charge in [0.05, 0.1) is 12.5 Å². The number of aliphatic hydroxyl groups is 1. The monoisotopic (exact) mass is 254 g/mol. The topological polar surface area (TPSA) is 60.9 Å². The first-order valence-electron chi connectivity index (χ1n) is 6.78. The molecule has 1 aliphatic heterocycles. The van der Waals surface area contributed by atoms with Gasteiger partial charge in [-0.25, -0.2) is 0 Å². The predicted octanol–water partition coefficient (Wildman–Crippen LogP) is 0.228. The molecule has 1 saturated heterocycles. The van der Waals surface area contributed by atoms with Gasteiger partial charge in [-0.15, -0.1) is 0 Å². The maximum atomic E-state index is 12.1. The van der Waals surface area contributed by atoms with Crippen molar-refractivity contribution in [3.63, 3.8) is 0 Å². The first-order valence-corrected chi connectivity index (χ1v) is 6.78. The summed E-state index contributed by atoms with van der Waals surface area (Å²) in [6.45, 7) is 0.875. The lowest BCUT2D eigenvalue weighted by Gasteiger charge is -2.25. The average Bonchev–Trinajstić information content (AvgIpc) is 2.97. The maximum absolute atomic E-state index is 12.1. The summed E-state index contributed by atoms with van der Waals surface area (Å²) in [5.74, 6) is -0.106. The smallest absolute Gasteiger partial charge is 0.227 e. The first kappa shape index (κ1) is 13.3. The minimum absolute atomic E-state index is 0.0158. The molecule has 2 amide bonds. The molecule has 0 aromatic heterocycles. The summed E-state index contributed by atoms with van der Waals surface area (Å²) in [7, 11) is 1.68. The van der Waals surface area contributed by atoms with Crippen LogP contribution in [-0.2, 0) is 9.59 Å². The van der Waals surface area contributed by atoms with Gasteiger partial charge in [0.15, 0.2) is 0 Å². The second-order valence-corrected chi connectivity index (χ2v) is 5.37. The molecule has 1 unspecified atom stereocenters. The van der Waals surface area contributed by atoms with Crippen molar-refractivity contribution in [3.05, 3.63) is 0 Å². The summed E-state index contributed by atoms with van der Waals surface area (Å²) >= 11 is 0. The Balaban J connectivity index is 1.93. The highest BCUT2D eigenvalue weighted by atomic mass is 16.3. The standard InChI is InChI=1S/C13H22N2O3/c1-14(6-7-16)13(18)10-8-12(17)15(9-10)11-4-2-3-5-11/h10-11,16H,2-9H2,1H3. The van der Waals surface area contributed by atoms with E-state index in [4.69, 9.17) is 5.11 Å². The number of carbonyl (C=O) groups excluding carboxylic acids is 2. The second kappa shape index (κ2) is 5.69. The lowest BCUT2D eigenvalue weighted by molar-refractivity contribution is -0.135. The summed E-state index contributed by atoms with van der Waals surface area (Å²) < 4.78 is 0. The van der Waals surface area contributed by atoms with Crippen LogP contribution in [0, 0.1) is 5.92 Å². The van der Waals surface area contributed by atoms with E-state index >= 15 is 0 Å². The second-order valence-electron chi connectivity index (χ2n) is 5.37. The van der Waals surface area contributed by atoms with Gasteiger partial charge in [0.25, 0.3) is 0 Å². The van der Waals surface area contributed by atoms with Crippen molar-refractivity contribution in [1.29, 1.82) is 0 Å². The molecule has 102 valence electrons. The Bertz CT molecular complexity index is 326. The Morgan fingerprint density at radius 3 is 2.72 bits per heavy atom. The van der Waals surface area contributed by atoms with Gasteiger partial charge in [0, 0.05) is 32.6 Å². The largest absolute Gasteiger partial charge is 0.395 e. The molecule has 0 aromatic rings. The molecule has 0 aromatic carbocycles. The van der Waals surface area contributed by atoms with Gasteiger partial charge < -0.3 is 14.9 Å². The number of nitrogens with zero attached hydrogens (tertiary/aromatic N) is 2. The van der Waals surface area contributed by atoms with Gasteiger partial charge in [-0.1, -0.05) is 12.8 Å². The fourth-order valence-corrected chi connectivity index (χ4v) is 3.04. The highest BCUT2D eigenvalue weighted by Gasteiger charge is 2.39. The molecule has 0 bridgehead atoms. The minimum atomic E-state index is -0.213. The number of aliphatic hydroxyl groups excluding tert-OH is 1. The van der Waals surface area contributed by atoms with Crippen molar-refractivity contribution in [2.45, 2.75) is 38.1 Å². The van der Waals surface area contributed by atoms with E-state index in [0.29, 0.717) is 25.6 Å². The Labute approximate surface area is 108 Å². The highest BCUT2D eigenvalue weighted by molar-refractivity contribution is 5.89. The number of likely N-dealkylation sites (N-methyl/N-ethyl adjacent to an activating group) is 1. The van der Waals surface area contributed by atoms with Gasteiger partial charge in [0.1, 0.15) is 0 Å². The molecule has 5 nitrogen and oxygen atoms in total. The van der Waals surface area contributed by atoms with E-state index in [1.54, 1.807) is 7.05 Å². The highest BCUT2D eigenvalue weighted by Crippen LogP contribution is 2.29. The normalized spacial score (nSPS) is 24.9. The third kappa shape index (κ3) is 2.66. The van der Waals surface area contributed by atoms with Crippen LogP contribution in [0.3, 0.4) is 0 Å². The molecular weight excluding hydrogens is 232 g/mol. The fourth-order valence-electron chi connectivity index (χ4n) is 3.04. The number of hydrogen-bond donors (Lipinski definition) is 1. The zero-order chi connectivity index (χ0) is 13.1. The van der Waals surface area contributed by atoms with Gasteiger partial charge in [-0.2, -0.15) is 0 Å². The third-order valence-electron chi connectivity index (χ3n) is 4.08. The zero-order valence-corrected chi connectivity index (χ0v) is 11.0. The van der Waals surface area contributed by atoms with Crippen molar-refractivity contribution in [2.24, 2.45) is 5.92 Å². The van der Waals surface area contributed by atoms with E-state index in [9.17, 15) is 9.59 Å². The van der Waals surface area contributed by atoms with Crippen LogP contribution in [0.5, 0.6) is 0 Å². The number of carbonyl (C=O) groups is 2. The molecular formula is C13H22N2O3. The van der Waals surface area contributed by atoms with Crippen molar-refractivity contribution in [3.8, 4) is 0 Å². The molecule has 1 heterocycles. The third-order valence-corrected chi connectivity index (χ3v) is 4.08. The molecule has 0 spiro atoms. The minimum Gasteiger partial charge on any atom is -0.395 e. The van der Waals surface area contributed by atoms with E-state index in [1.807, 2.05) is 4.90 Å². The van der Waals surface area contributed by atoms with Crippen LogP contribution >= 0.6 is 0 Å². The van der Waals surface area contributed by atoms with Crippen LogP contribution in [-0.4, -0.2) is 59.5 Å². The Kier molecular flexibility index (Phi) is 4.22. The Morgan fingerprint density at radius 2 is 2.11 bits per heavy atom. The molecule has 18 heavy (non-hydrogen) atoms. The van der Waals surface area contributed by atoms with Crippen molar-refractivity contribution >= 4 is 11.8 Å². The summed E-state index contributed by atoms with van der Waals surface area (Å²) in [4.78, 5) is 27.5. The van der Waals surface area contributed by atoms with Crippen molar-refractivity contribution < 1.29 is 14.7 Å². The SMILES string of the molecule is CN(CCO)C(=O)C1CC(=O)N(C2CCCC2)C1. The van der Waals surface area contributed by atoms with Crippen molar-refractivity contribution in [1.82, 2.24) is 9.80 Å². The molecule has 5 heteroatoms. The summed E-state index contributed by atoms with van der Waals surface area (Å²) in [5.41, 5.74) is 0. The average molecular weight is 254 g/mol. The molecule has 1 saturated carbocycles. The molecule has 1 N–H and O–H groups in total. The number of hydrogen-bond acceptors (Lipinski definition) is 3. The van der Waals surface area contributed by atoms with Gasteiger partial charge in [-0.3, -0.25) is 9.59 Å². The van der Waals surface area contributed by atoms with Gasteiger partial charge >= 0.3 is 0 Å². The number of amides is 2. The lowest BCUT2D eigenvalue weighted by Crippen LogP contribution is -2.38. The maximum Gasteiger partial charge on any atom is 0.227 e. The van der Waals surface area contributed by atoms with E-state index in [-0.39, 0.29) is 24.3 Å². The van der Waals surface area contributed by atoms with Crippen LogP contribution in [0.25, 0.3) is 0 Å². The molecule has 2 fully saturated rings. The summed E-state index contributed by atoms with van der Waals surface area (Å²) in [5, 5.41) is 8.83. The lowest BCUT2D eigenvalue weighted by atomic mass is 10.1.